The molecule has 21 heavy (non-hydrogen) atoms. The lowest BCUT2D eigenvalue weighted by Crippen LogP contribution is -2.09. The lowest BCUT2D eigenvalue weighted by Gasteiger charge is -2.16. The highest BCUT2D eigenvalue weighted by atomic mass is 15.1. The van der Waals surface area contributed by atoms with Gasteiger partial charge in [-0.2, -0.15) is 0 Å². The maximum absolute atomic E-state index is 2.30. The van der Waals surface area contributed by atoms with Gasteiger partial charge in [-0.15, -0.1) is 0 Å². The molecular weight excluding hydrogens is 254 g/mol. The molecule has 0 fully saturated rings. The smallest absolute Gasteiger partial charge is 0.0364 e. The monoisotopic (exact) mass is 275 g/mol. The third-order valence-corrected chi connectivity index (χ3v) is 4.11. The van der Waals surface area contributed by atoms with Crippen LogP contribution in [0.5, 0.6) is 0 Å². The molecule has 0 N–H and O–H groups in total. The molecule has 0 heterocycles. The summed E-state index contributed by atoms with van der Waals surface area (Å²) in [5.41, 5.74) is 5.41. The SMILES string of the molecule is Cc1ccc(N(C)C)cc1Cc1cccc2ccccc12. The number of fused-ring (bicyclic) bond motifs is 1. The zero-order valence-corrected chi connectivity index (χ0v) is 12.9. The quantitative estimate of drug-likeness (QED) is 0.663. The highest BCUT2D eigenvalue weighted by Crippen LogP contribution is 2.25. The molecule has 106 valence electrons. The summed E-state index contributed by atoms with van der Waals surface area (Å²) in [6.07, 6.45) is 0.981. The van der Waals surface area contributed by atoms with Crippen molar-refractivity contribution in [1.82, 2.24) is 0 Å². The van der Waals surface area contributed by atoms with Gasteiger partial charge in [0.05, 0.1) is 0 Å². The summed E-state index contributed by atoms with van der Waals surface area (Å²) >= 11 is 0. The number of hydrogen-bond donors (Lipinski definition) is 0. The number of nitrogens with zero attached hydrogens (tertiary/aromatic N) is 1. The van der Waals surface area contributed by atoms with Gasteiger partial charge in [-0.1, -0.05) is 48.5 Å². The Bertz CT molecular complexity index is 766. The summed E-state index contributed by atoms with van der Waals surface area (Å²) in [7, 11) is 4.18. The maximum atomic E-state index is 2.30. The first-order valence-electron chi connectivity index (χ1n) is 7.38. The number of rotatable bonds is 3. The van der Waals surface area contributed by atoms with Crippen molar-refractivity contribution < 1.29 is 0 Å². The predicted molar refractivity (Wildman–Crippen MR) is 92.3 cm³/mol. The zero-order chi connectivity index (χ0) is 14.8. The fourth-order valence-corrected chi connectivity index (χ4v) is 2.78. The Labute approximate surface area is 126 Å². The van der Waals surface area contributed by atoms with E-state index >= 15 is 0 Å². The molecule has 3 aromatic rings. The van der Waals surface area contributed by atoms with Crippen LogP contribution >= 0.6 is 0 Å². The van der Waals surface area contributed by atoms with Gasteiger partial charge in [0, 0.05) is 19.8 Å². The first-order valence-corrected chi connectivity index (χ1v) is 7.38. The highest BCUT2D eigenvalue weighted by molar-refractivity contribution is 5.86. The molecule has 0 radical (unpaired) electrons. The molecule has 0 bridgehead atoms. The Morgan fingerprint density at radius 1 is 0.810 bits per heavy atom. The van der Waals surface area contributed by atoms with Crippen molar-refractivity contribution in [3.63, 3.8) is 0 Å². The van der Waals surface area contributed by atoms with Crippen molar-refractivity contribution in [3.8, 4) is 0 Å². The molecule has 1 heteroatoms. The first kappa shape index (κ1) is 13.7. The van der Waals surface area contributed by atoms with Gasteiger partial charge in [0.25, 0.3) is 0 Å². The van der Waals surface area contributed by atoms with Crippen LogP contribution in [0.1, 0.15) is 16.7 Å². The highest BCUT2D eigenvalue weighted by Gasteiger charge is 2.06. The van der Waals surface area contributed by atoms with Crippen LogP contribution in [0.4, 0.5) is 5.69 Å². The molecule has 0 amide bonds. The standard InChI is InChI=1S/C20H21N/c1-15-11-12-19(21(2)3)14-18(15)13-17-9-6-8-16-7-4-5-10-20(16)17/h4-12,14H,13H2,1-3H3. The van der Waals surface area contributed by atoms with Crippen LogP contribution in [0.15, 0.2) is 60.7 Å². The Hall–Kier alpha value is -2.28. The topological polar surface area (TPSA) is 3.24 Å². The van der Waals surface area contributed by atoms with Crippen LogP contribution < -0.4 is 4.90 Å². The fourth-order valence-electron chi connectivity index (χ4n) is 2.78. The van der Waals surface area contributed by atoms with Gasteiger partial charge >= 0.3 is 0 Å². The van der Waals surface area contributed by atoms with E-state index in [1.165, 1.54) is 33.2 Å². The lowest BCUT2D eigenvalue weighted by atomic mass is 9.95. The third kappa shape index (κ3) is 2.78. The molecule has 3 aromatic carbocycles. The number of benzene rings is 3. The van der Waals surface area contributed by atoms with Crippen molar-refractivity contribution in [2.45, 2.75) is 13.3 Å². The van der Waals surface area contributed by atoms with Gasteiger partial charge in [0.15, 0.2) is 0 Å². The van der Waals surface area contributed by atoms with E-state index in [4.69, 9.17) is 0 Å². The molecule has 0 aliphatic carbocycles. The van der Waals surface area contributed by atoms with E-state index in [1.807, 2.05) is 0 Å². The molecule has 0 unspecified atom stereocenters. The second-order valence-electron chi connectivity index (χ2n) is 5.82. The van der Waals surface area contributed by atoms with Crippen LogP contribution in [0.2, 0.25) is 0 Å². The zero-order valence-electron chi connectivity index (χ0n) is 12.9. The normalized spacial score (nSPS) is 10.8. The summed E-state index contributed by atoms with van der Waals surface area (Å²) in [4.78, 5) is 2.16. The van der Waals surface area contributed by atoms with Crippen LogP contribution in [0.25, 0.3) is 10.8 Å². The van der Waals surface area contributed by atoms with Crippen molar-refractivity contribution >= 4 is 16.5 Å². The molecule has 1 nitrogen and oxygen atoms in total. The Morgan fingerprint density at radius 2 is 1.57 bits per heavy atom. The van der Waals surface area contributed by atoms with E-state index in [1.54, 1.807) is 0 Å². The van der Waals surface area contributed by atoms with E-state index in [9.17, 15) is 0 Å². The predicted octanol–water partition coefficient (Wildman–Crippen LogP) is 4.81. The van der Waals surface area contributed by atoms with Gasteiger partial charge in [0.1, 0.15) is 0 Å². The molecule has 0 aliphatic heterocycles. The largest absolute Gasteiger partial charge is 0.378 e. The molecule has 0 saturated carbocycles. The minimum atomic E-state index is 0.981. The van der Waals surface area contributed by atoms with Crippen LogP contribution in [-0.4, -0.2) is 14.1 Å². The first-order chi connectivity index (χ1) is 10.1. The number of aryl methyl sites for hydroxylation is 1. The van der Waals surface area contributed by atoms with Crippen molar-refractivity contribution in [3.05, 3.63) is 77.4 Å². The fraction of sp³-hybridized carbons (Fsp3) is 0.200. The van der Waals surface area contributed by atoms with Gasteiger partial charge in [-0.25, -0.2) is 0 Å². The molecule has 0 spiro atoms. The molecule has 0 aliphatic rings. The molecule has 3 rings (SSSR count). The Kier molecular flexibility index (Phi) is 3.66. The molecule has 0 atom stereocenters. The van der Waals surface area contributed by atoms with Crippen LogP contribution in [-0.2, 0) is 6.42 Å². The van der Waals surface area contributed by atoms with E-state index in [2.05, 4.69) is 86.6 Å². The summed E-state index contributed by atoms with van der Waals surface area (Å²) in [5.74, 6) is 0. The van der Waals surface area contributed by atoms with Gasteiger partial charge < -0.3 is 4.90 Å². The minimum Gasteiger partial charge on any atom is -0.378 e. The van der Waals surface area contributed by atoms with Gasteiger partial charge in [0.2, 0.25) is 0 Å². The van der Waals surface area contributed by atoms with Crippen molar-refractivity contribution in [1.29, 1.82) is 0 Å². The van der Waals surface area contributed by atoms with E-state index in [0.29, 0.717) is 0 Å². The Balaban J connectivity index is 2.04. The maximum Gasteiger partial charge on any atom is 0.0364 e. The minimum absolute atomic E-state index is 0.981. The summed E-state index contributed by atoms with van der Waals surface area (Å²) < 4.78 is 0. The van der Waals surface area contributed by atoms with Crippen molar-refractivity contribution in [2.75, 3.05) is 19.0 Å². The summed E-state index contributed by atoms with van der Waals surface area (Å²) in [6, 6.07) is 21.9. The van der Waals surface area contributed by atoms with E-state index in [-0.39, 0.29) is 0 Å². The average molecular weight is 275 g/mol. The van der Waals surface area contributed by atoms with Crippen LogP contribution in [0, 0.1) is 6.92 Å². The number of hydrogen-bond acceptors (Lipinski definition) is 1. The third-order valence-electron chi connectivity index (χ3n) is 4.11. The second kappa shape index (κ2) is 5.61. The van der Waals surface area contributed by atoms with Crippen molar-refractivity contribution in [2.24, 2.45) is 0 Å². The average Bonchev–Trinajstić information content (AvgIpc) is 2.49. The van der Waals surface area contributed by atoms with E-state index in [0.717, 1.165) is 6.42 Å². The van der Waals surface area contributed by atoms with Gasteiger partial charge in [-0.05, 0) is 52.9 Å². The summed E-state index contributed by atoms with van der Waals surface area (Å²) in [6.45, 7) is 2.19. The lowest BCUT2D eigenvalue weighted by molar-refractivity contribution is 1.10. The number of anilines is 1. The Morgan fingerprint density at radius 3 is 2.38 bits per heavy atom. The molecule has 0 saturated heterocycles. The van der Waals surface area contributed by atoms with Gasteiger partial charge in [-0.3, -0.25) is 0 Å². The molecular formula is C20H21N. The van der Waals surface area contributed by atoms with E-state index < -0.39 is 0 Å². The molecule has 0 aromatic heterocycles. The second-order valence-corrected chi connectivity index (χ2v) is 5.82. The summed E-state index contributed by atoms with van der Waals surface area (Å²) in [5, 5.41) is 2.67. The van der Waals surface area contributed by atoms with Crippen LogP contribution in [0.3, 0.4) is 0 Å².